The van der Waals surface area contributed by atoms with Crippen LogP contribution in [0.25, 0.3) is 0 Å². The number of Topliss-reactive ketones (excluding diaryl/α,β-unsaturated/α-hetero) is 1. The Kier molecular flexibility index (Phi) is 4.28. The fourth-order valence-electron chi connectivity index (χ4n) is 3.10. The van der Waals surface area contributed by atoms with E-state index in [0.717, 1.165) is 10.5 Å². The first-order chi connectivity index (χ1) is 13.4. The number of carbonyl (C=O) groups is 3. The molecule has 5 heteroatoms. The molecular formula is C23H17NO4. The monoisotopic (exact) mass is 371 g/mol. The van der Waals surface area contributed by atoms with E-state index in [9.17, 15) is 14.4 Å². The zero-order chi connectivity index (χ0) is 19.8. The molecule has 4 rings (SSSR count). The molecule has 1 aliphatic rings. The molecule has 1 heterocycles. The summed E-state index contributed by atoms with van der Waals surface area (Å²) >= 11 is 0. The number of fused-ring (bicyclic) bond motifs is 1. The van der Waals surface area contributed by atoms with Crippen molar-refractivity contribution in [2.45, 2.75) is 13.8 Å². The predicted octanol–water partition coefficient (Wildman–Crippen LogP) is 4.79. The topological polar surface area (TPSA) is 63.7 Å². The Morgan fingerprint density at radius 2 is 1.36 bits per heavy atom. The van der Waals surface area contributed by atoms with Gasteiger partial charge in [-0.3, -0.25) is 14.4 Å². The van der Waals surface area contributed by atoms with E-state index < -0.39 is 11.8 Å². The molecule has 0 saturated heterocycles. The van der Waals surface area contributed by atoms with E-state index in [1.54, 1.807) is 30.3 Å². The number of carbonyl (C=O) groups excluding carboxylic acids is 3. The number of amides is 2. The summed E-state index contributed by atoms with van der Waals surface area (Å²) in [4.78, 5) is 38.1. The Labute approximate surface area is 162 Å². The Balaban J connectivity index is 1.59. The Hall–Kier alpha value is -3.73. The number of anilines is 1. The summed E-state index contributed by atoms with van der Waals surface area (Å²) < 4.78 is 5.78. The molecular weight excluding hydrogens is 354 g/mol. The minimum Gasteiger partial charge on any atom is -0.457 e. The minimum atomic E-state index is -0.435. The van der Waals surface area contributed by atoms with Crippen LogP contribution in [0, 0.1) is 6.92 Å². The molecule has 3 aromatic rings. The van der Waals surface area contributed by atoms with Gasteiger partial charge in [0.2, 0.25) is 0 Å². The van der Waals surface area contributed by atoms with Crippen LogP contribution < -0.4 is 9.64 Å². The van der Waals surface area contributed by atoms with Crippen LogP contribution in [0.1, 0.15) is 43.6 Å². The highest BCUT2D eigenvalue weighted by atomic mass is 16.5. The van der Waals surface area contributed by atoms with Gasteiger partial charge in [0.25, 0.3) is 11.8 Å². The van der Waals surface area contributed by atoms with E-state index >= 15 is 0 Å². The van der Waals surface area contributed by atoms with Gasteiger partial charge < -0.3 is 4.74 Å². The second kappa shape index (κ2) is 6.78. The normalized spacial score (nSPS) is 12.9. The largest absolute Gasteiger partial charge is 0.457 e. The summed E-state index contributed by atoms with van der Waals surface area (Å²) in [6.45, 7) is 3.42. The second-order valence-corrected chi connectivity index (χ2v) is 6.67. The molecule has 1 aliphatic heterocycles. The van der Waals surface area contributed by atoms with Crippen molar-refractivity contribution in [3.63, 3.8) is 0 Å². The van der Waals surface area contributed by atoms with E-state index in [2.05, 4.69) is 0 Å². The highest BCUT2D eigenvalue weighted by molar-refractivity contribution is 6.34. The maximum absolute atomic E-state index is 12.8. The third-order valence-corrected chi connectivity index (χ3v) is 4.64. The number of rotatable bonds is 4. The van der Waals surface area contributed by atoms with Gasteiger partial charge in [-0.1, -0.05) is 23.8 Å². The molecule has 28 heavy (non-hydrogen) atoms. The predicted molar refractivity (Wildman–Crippen MR) is 105 cm³/mol. The van der Waals surface area contributed by atoms with Gasteiger partial charge in [0.05, 0.1) is 16.8 Å². The summed E-state index contributed by atoms with van der Waals surface area (Å²) in [6, 6.07) is 19.0. The third kappa shape index (κ3) is 3.07. The molecule has 0 bridgehead atoms. The zero-order valence-electron chi connectivity index (χ0n) is 15.4. The van der Waals surface area contributed by atoms with Crippen molar-refractivity contribution in [2.24, 2.45) is 0 Å². The lowest BCUT2D eigenvalue weighted by atomic mass is 10.0. The molecule has 0 aromatic heterocycles. The van der Waals surface area contributed by atoms with E-state index in [4.69, 9.17) is 4.74 Å². The van der Waals surface area contributed by atoms with Crippen LogP contribution in [0.4, 0.5) is 5.69 Å². The SMILES string of the molecule is CC(=O)c1ccc2c(c1)C(=O)N(c1ccc(Oc3ccc(C)cc3)cc1)C2=O. The van der Waals surface area contributed by atoms with E-state index in [-0.39, 0.29) is 11.3 Å². The number of ether oxygens (including phenoxy) is 1. The Morgan fingerprint density at radius 3 is 1.96 bits per heavy atom. The number of benzene rings is 3. The number of aryl methyl sites for hydroxylation is 1. The molecule has 0 saturated carbocycles. The molecule has 0 radical (unpaired) electrons. The van der Waals surface area contributed by atoms with Crippen LogP contribution in [0.15, 0.2) is 66.7 Å². The van der Waals surface area contributed by atoms with Crippen molar-refractivity contribution in [3.05, 3.63) is 89.0 Å². The standard InChI is InChI=1S/C23H17NO4/c1-14-3-8-18(9-4-14)28-19-10-6-17(7-11-19)24-22(26)20-12-5-16(15(2)25)13-21(20)23(24)27/h3-13H,1-2H3. The number of hydrogen-bond acceptors (Lipinski definition) is 4. The van der Waals surface area contributed by atoms with Gasteiger partial charge in [-0.25, -0.2) is 4.90 Å². The fourth-order valence-corrected chi connectivity index (χ4v) is 3.10. The molecule has 3 aromatic carbocycles. The molecule has 138 valence electrons. The number of nitrogens with zero attached hydrogens (tertiary/aromatic N) is 1. The van der Waals surface area contributed by atoms with Crippen LogP contribution in [-0.2, 0) is 0 Å². The van der Waals surface area contributed by atoms with E-state index in [1.165, 1.54) is 19.1 Å². The van der Waals surface area contributed by atoms with Gasteiger partial charge in [0.15, 0.2) is 5.78 Å². The average molecular weight is 371 g/mol. The van der Waals surface area contributed by atoms with Crippen molar-refractivity contribution in [1.29, 1.82) is 0 Å². The minimum absolute atomic E-state index is 0.154. The van der Waals surface area contributed by atoms with Gasteiger partial charge in [0, 0.05) is 5.56 Å². The van der Waals surface area contributed by atoms with Crippen LogP contribution >= 0.6 is 0 Å². The van der Waals surface area contributed by atoms with Gasteiger partial charge in [0.1, 0.15) is 11.5 Å². The van der Waals surface area contributed by atoms with Crippen molar-refractivity contribution < 1.29 is 19.1 Å². The lowest BCUT2D eigenvalue weighted by Gasteiger charge is -2.14. The van der Waals surface area contributed by atoms with Crippen LogP contribution in [0.5, 0.6) is 11.5 Å². The van der Waals surface area contributed by atoms with E-state index in [0.29, 0.717) is 28.3 Å². The first-order valence-corrected chi connectivity index (χ1v) is 8.82. The fraction of sp³-hybridized carbons (Fsp3) is 0.0870. The van der Waals surface area contributed by atoms with Crippen molar-refractivity contribution in [1.82, 2.24) is 0 Å². The quantitative estimate of drug-likeness (QED) is 0.489. The van der Waals surface area contributed by atoms with Crippen molar-refractivity contribution in [2.75, 3.05) is 4.90 Å². The van der Waals surface area contributed by atoms with Gasteiger partial charge in [-0.05, 0) is 62.4 Å². The second-order valence-electron chi connectivity index (χ2n) is 6.67. The smallest absolute Gasteiger partial charge is 0.266 e. The van der Waals surface area contributed by atoms with Gasteiger partial charge >= 0.3 is 0 Å². The molecule has 0 unspecified atom stereocenters. The maximum Gasteiger partial charge on any atom is 0.266 e. The number of ketones is 1. The summed E-state index contributed by atoms with van der Waals surface area (Å²) in [5.74, 6) is 0.315. The summed E-state index contributed by atoms with van der Waals surface area (Å²) in [5.41, 5.74) is 2.55. The maximum atomic E-state index is 12.8. The molecule has 0 N–H and O–H groups in total. The lowest BCUT2D eigenvalue weighted by Crippen LogP contribution is -2.29. The van der Waals surface area contributed by atoms with Crippen LogP contribution in [0.3, 0.4) is 0 Å². The highest BCUT2D eigenvalue weighted by Gasteiger charge is 2.37. The zero-order valence-corrected chi connectivity index (χ0v) is 15.4. The average Bonchev–Trinajstić information content (AvgIpc) is 2.94. The van der Waals surface area contributed by atoms with E-state index in [1.807, 2.05) is 31.2 Å². The highest BCUT2D eigenvalue weighted by Crippen LogP contribution is 2.31. The third-order valence-electron chi connectivity index (χ3n) is 4.64. The molecule has 5 nitrogen and oxygen atoms in total. The van der Waals surface area contributed by atoms with Crippen molar-refractivity contribution >= 4 is 23.3 Å². The van der Waals surface area contributed by atoms with Crippen LogP contribution in [0.2, 0.25) is 0 Å². The molecule has 0 fully saturated rings. The summed E-state index contributed by atoms with van der Waals surface area (Å²) in [6.07, 6.45) is 0. The molecule has 0 aliphatic carbocycles. The number of hydrogen-bond donors (Lipinski definition) is 0. The number of imide groups is 1. The summed E-state index contributed by atoms with van der Waals surface area (Å²) in [5, 5.41) is 0. The molecule has 0 spiro atoms. The first kappa shape index (κ1) is 17.7. The van der Waals surface area contributed by atoms with Crippen molar-refractivity contribution in [3.8, 4) is 11.5 Å². The molecule has 2 amide bonds. The summed E-state index contributed by atoms with van der Waals surface area (Å²) in [7, 11) is 0. The Morgan fingerprint density at radius 1 is 0.786 bits per heavy atom. The van der Waals surface area contributed by atoms with Crippen LogP contribution in [-0.4, -0.2) is 17.6 Å². The Bertz CT molecular complexity index is 1100. The molecule has 0 atom stereocenters. The lowest BCUT2D eigenvalue weighted by molar-refractivity contribution is 0.0925. The van der Waals surface area contributed by atoms with Gasteiger partial charge in [-0.2, -0.15) is 0 Å². The van der Waals surface area contributed by atoms with Gasteiger partial charge in [-0.15, -0.1) is 0 Å². The first-order valence-electron chi connectivity index (χ1n) is 8.82.